The van der Waals surface area contributed by atoms with Crippen molar-refractivity contribution in [1.29, 1.82) is 0 Å². The third-order valence-corrected chi connectivity index (χ3v) is 5.77. The summed E-state index contributed by atoms with van der Waals surface area (Å²) >= 11 is 0. The lowest BCUT2D eigenvalue weighted by molar-refractivity contribution is 0.160. The van der Waals surface area contributed by atoms with E-state index in [1.807, 2.05) is 7.05 Å². The molecule has 0 saturated carbocycles. The molecule has 0 amide bonds. The van der Waals surface area contributed by atoms with Crippen molar-refractivity contribution in [2.45, 2.75) is 57.7 Å². The number of rotatable bonds is 4. The molecule has 1 aliphatic rings. The summed E-state index contributed by atoms with van der Waals surface area (Å²) in [6, 6.07) is 5.10. The predicted molar refractivity (Wildman–Crippen MR) is 117 cm³/mol. The molecule has 3 aromatic rings. The Morgan fingerprint density at radius 3 is 2.32 bits per heavy atom. The van der Waals surface area contributed by atoms with Gasteiger partial charge in [-0.1, -0.05) is 6.07 Å². The summed E-state index contributed by atoms with van der Waals surface area (Å²) < 4.78 is 13.7. The first kappa shape index (κ1) is 21.2. The lowest BCUT2D eigenvalue weighted by Crippen LogP contribution is -2.62. The molecule has 2 aromatic heterocycles. The fraction of sp³-hybridized carbons (Fsp3) is 0.455. The number of hydrogen-bond acceptors (Lipinski definition) is 7. The summed E-state index contributed by atoms with van der Waals surface area (Å²) in [5.74, 6) is 0.378. The number of benzene rings is 1. The van der Waals surface area contributed by atoms with Crippen LogP contribution in [0.3, 0.4) is 0 Å². The molecule has 3 N–H and O–H groups in total. The molecular weight excluding hydrogens is 397 g/mol. The highest BCUT2D eigenvalue weighted by Crippen LogP contribution is 2.34. The van der Waals surface area contributed by atoms with Gasteiger partial charge >= 0.3 is 0 Å². The van der Waals surface area contributed by atoms with Crippen molar-refractivity contribution in [2.75, 3.05) is 11.9 Å². The minimum atomic E-state index is -0.554. The van der Waals surface area contributed by atoms with E-state index in [1.54, 1.807) is 18.3 Å². The number of H-pyrrole nitrogens is 1. The molecule has 0 atom stereocenters. The van der Waals surface area contributed by atoms with Crippen molar-refractivity contribution in [3.8, 4) is 28.3 Å². The first-order valence-electron chi connectivity index (χ1n) is 10.3. The van der Waals surface area contributed by atoms with E-state index >= 15 is 0 Å². The van der Waals surface area contributed by atoms with Crippen LogP contribution in [0.5, 0.6) is 5.75 Å². The van der Waals surface area contributed by atoms with Crippen LogP contribution in [0.25, 0.3) is 22.5 Å². The van der Waals surface area contributed by atoms with Crippen LogP contribution in [0.4, 0.5) is 10.2 Å². The predicted octanol–water partition coefficient (Wildman–Crippen LogP) is 3.52. The maximum Gasteiger partial charge on any atom is 0.216 e. The third kappa shape index (κ3) is 4.36. The van der Waals surface area contributed by atoms with Crippen molar-refractivity contribution >= 4 is 5.82 Å². The summed E-state index contributed by atoms with van der Waals surface area (Å²) in [4.78, 5) is 6.55. The van der Waals surface area contributed by atoms with Crippen LogP contribution >= 0.6 is 0 Å². The minimum absolute atomic E-state index is 0.0173. The number of halogens is 1. The number of aromatic hydroxyl groups is 1. The molecule has 1 saturated heterocycles. The molecule has 31 heavy (non-hydrogen) atoms. The number of aromatic amines is 1. The Bertz CT molecular complexity index is 1060. The van der Waals surface area contributed by atoms with Gasteiger partial charge in [-0.2, -0.15) is 9.49 Å². The van der Waals surface area contributed by atoms with E-state index in [-0.39, 0.29) is 22.4 Å². The summed E-state index contributed by atoms with van der Waals surface area (Å²) in [6.07, 6.45) is 5.00. The van der Waals surface area contributed by atoms with Crippen LogP contribution in [0.2, 0.25) is 0 Å². The molecule has 0 aliphatic carbocycles. The second-order valence-corrected chi connectivity index (χ2v) is 9.54. The highest BCUT2D eigenvalue weighted by atomic mass is 19.1. The van der Waals surface area contributed by atoms with Crippen LogP contribution in [-0.2, 0) is 0 Å². The Labute approximate surface area is 180 Å². The van der Waals surface area contributed by atoms with E-state index in [2.05, 4.69) is 63.3 Å². The molecule has 3 heterocycles. The molecule has 1 aliphatic heterocycles. The maximum atomic E-state index is 13.7. The molecule has 0 radical (unpaired) electrons. The SMILES string of the molecule is CN(c1cnc(-c2ccc(-c3cn[nH]c3F)cc2O)nn1)C1CC(C)(C)NC(C)(C)C1. The van der Waals surface area contributed by atoms with Gasteiger partial charge in [-0.3, -0.25) is 5.10 Å². The molecule has 8 nitrogen and oxygen atoms in total. The Kier molecular flexibility index (Phi) is 5.17. The largest absolute Gasteiger partial charge is 0.507 e. The number of phenolic OH excluding ortho intramolecular Hbond substituents is 1. The van der Waals surface area contributed by atoms with Crippen LogP contribution in [0.15, 0.2) is 30.6 Å². The maximum absolute atomic E-state index is 13.7. The molecule has 0 spiro atoms. The summed E-state index contributed by atoms with van der Waals surface area (Å²) in [7, 11) is 2.01. The average molecular weight is 426 g/mol. The zero-order valence-corrected chi connectivity index (χ0v) is 18.4. The second kappa shape index (κ2) is 7.56. The van der Waals surface area contributed by atoms with Crippen molar-refractivity contribution in [1.82, 2.24) is 30.7 Å². The Balaban J connectivity index is 1.55. The number of anilines is 1. The Morgan fingerprint density at radius 2 is 1.77 bits per heavy atom. The van der Waals surface area contributed by atoms with Gasteiger partial charge in [0.25, 0.3) is 0 Å². The van der Waals surface area contributed by atoms with Gasteiger partial charge in [0.05, 0.1) is 23.5 Å². The fourth-order valence-corrected chi connectivity index (χ4v) is 4.64. The number of nitrogens with one attached hydrogen (secondary N) is 2. The lowest BCUT2D eigenvalue weighted by Gasteiger charge is -2.49. The van der Waals surface area contributed by atoms with Gasteiger partial charge in [-0.25, -0.2) is 4.98 Å². The normalized spacial score (nSPS) is 18.1. The van der Waals surface area contributed by atoms with Crippen LogP contribution in [0, 0.1) is 5.95 Å². The van der Waals surface area contributed by atoms with Crippen LogP contribution < -0.4 is 10.2 Å². The van der Waals surface area contributed by atoms with Gasteiger partial charge < -0.3 is 15.3 Å². The molecule has 0 bridgehead atoms. The summed E-state index contributed by atoms with van der Waals surface area (Å²) in [5, 5.41) is 28.7. The lowest BCUT2D eigenvalue weighted by atomic mass is 9.79. The number of phenols is 1. The van der Waals surface area contributed by atoms with Gasteiger partial charge in [0.1, 0.15) is 5.75 Å². The first-order chi connectivity index (χ1) is 14.5. The highest BCUT2D eigenvalue weighted by molar-refractivity contribution is 5.72. The molecule has 4 rings (SSSR count). The van der Waals surface area contributed by atoms with E-state index in [0.717, 1.165) is 12.8 Å². The third-order valence-electron chi connectivity index (χ3n) is 5.77. The van der Waals surface area contributed by atoms with E-state index in [0.29, 0.717) is 28.8 Å². The molecular formula is C22H28FN7O. The van der Waals surface area contributed by atoms with Crippen molar-refractivity contribution in [2.24, 2.45) is 0 Å². The van der Waals surface area contributed by atoms with Gasteiger partial charge in [0, 0.05) is 24.2 Å². The Morgan fingerprint density at radius 1 is 1.06 bits per heavy atom. The molecule has 9 heteroatoms. The van der Waals surface area contributed by atoms with E-state index in [1.165, 1.54) is 12.3 Å². The van der Waals surface area contributed by atoms with Gasteiger partial charge in [-0.05, 0) is 58.2 Å². The van der Waals surface area contributed by atoms with E-state index in [9.17, 15) is 9.50 Å². The minimum Gasteiger partial charge on any atom is -0.507 e. The first-order valence-corrected chi connectivity index (χ1v) is 10.3. The molecule has 1 fully saturated rings. The number of aromatic nitrogens is 5. The summed E-state index contributed by atoms with van der Waals surface area (Å²) in [6.45, 7) is 8.85. The zero-order valence-electron chi connectivity index (χ0n) is 18.4. The monoisotopic (exact) mass is 425 g/mol. The molecule has 164 valence electrons. The van der Waals surface area contributed by atoms with Crippen LogP contribution in [0.1, 0.15) is 40.5 Å². The van der Waals surface area contributed by atoms with Crippen molar-refractivity contribution < 1.29 is 9.50 Å². The average Bonchev–Trinajstić information content (AvgIpc) is 3.11. The molecule has 0 unspecified atom stereocenters. The zero-order chi connectivity index (χ0) is 22.4. The van der Waals surface area contributed by atoms with Gasteiger partial charge in [0.15, 0.2) is 11.6 Å². The van der Waals surface area contributed by atoms with Crippen molar-refractivity contribution in [3.05, 3.63) is 36.5 Å². The van der Waals surface area contributed by atoms with E-state index in [4.69, 9.17) is 0 Å². The van der Waals surface area contributed by atoms with E-state index < -0.39 is 5.95 Å². The highest BCUT2D eigenvalue weighted by Gasteiger charge is 2.39. The Hall–Kier alpha value is -3.07. The topological polar surface area (TPSA) is 103 Å². The summed E-state index contributed by atoms with van der Waals surface area (Å²) in [5.41, 5.74) is 1.25. The number of hydrogen-bond donors (Lipinski definition) is 3. The quantitative estimate of drug-likeness (QED) is 0.588. The second-order valence-electron chi connectivity index (χ2n) is 9.54. The smallest absolute Gasteiger partial charge is 0.216 e. The fourth-order valence-electron chi connectivity index (χ4n) is 4.64. The number of nitrogens with zero attached hydrogens (tertiary/aromatic N) is 5. The molecule has 1 aromatic carbocycles. The van der Waals surface area contributed by atoms with Crippen LogP contribution in [-0.4, -0.2) is 54.7 Å². The van der Waals surface area contributed by atoms with Crippen molar-refractivity contribution in [3.63, 3.8) is 0 Å². The standard InChI is InChI=1S/C22H28FN7O/c1-21(2)9-14(10-22(3,4)29-21)30(5)18-12-24-20(28-26-18)15-7-6-13(8-17(15)31)16-11-25-27-19(16)23/h6-8,11-12,14,29,31H,9-10H2,1-5H3,(H,25,27). The number of piperidine rings is 1. The van der Waals surface area contributed by atoms with Gasteiger partial charge in [-0.15, -0.1) is 10.2 Å². The van der Waals surface area contributed by atoms with Gasteiger partial charge in [0.2, 0.25) is 5.95 Å².